The Kier molecular flexibility index (Phi) is 4.12. The van der Waals surface area contributed by atoms with E-state index < -0.39 is 28.7 Å². The summed E-state index contributed by atoms with van der Waals surface area (Å²) in [6, 6.07) is 8.50. The predicted molar refractivity (Wildman–Crippen MR) is 105 cm³/mol. The number of aliphatic hydroxyl groups is 1. The highest BCUT2D eigenvalue weighted by atomic mass is 16.6. The lowest BCUT2D eigenvalue weighted by atomic mass is 9.74. The maximum Gasteiger partial charge on any atom is 0.343 e. The first-order chi connectivity index (χ1) is 13.6. The Morgan fingerprint density at radius 2 is 1.83 bits per heavy atom. The van der Waals surface area contributed by atoms with Crippen LogP contribution in [-0.2, 0) is 23.9 Å². The molecule has 6 heteroatoms. The van der Waals surface area contributed by atoms with Crippen LogP contribution in [0.4, 0.5) is 0 Å². The normalized spacial score (nSPS) is 25.4. The minimum Gasteiger partial charge on any atom is -0.507 e. The SMILES string of the molecule is CC1(C)CC2=CC3=C(C(=O)/C=C(\O)c4ccccc4)C(=O)OC3(C)C(=O)C2=CO1. The Hall–Kier alpha value is -3.41. The Labute approximate surface area is 167 Å². The van der Waals surface area contributed by atoms with E-state index in [-0.39, 0.29) is 16.9 Å². The molecule has 0 saturated carbocycles. The molecule has 0 fully saturated rings. The fourth-order valence-corrected chi connectivity index (χ4v) is 3.79. The van der Waals surface area contributed by atoms with Crippen LogP contribution in [0, 0.1) is 0 Å². The summed E-state index contributed by atoms with van der Waals surface area (Å²) in [6.45, 7) is 5.24. The van der Waals surface area contributed by atoms with Gasteiger partial charge in [-0.3, -0.25) is 9.59 Å². The van der Waals surface area contributed by atoms with E-state index >= 15 is 0 Å². The Bertz CT molecular complexity index is 1070. The molecule has 1 aromatic rings. The number of aliphatic hydroxyl groups excluding tert-OH is 1. The van der Waals surface area contributed by atoms with Gasteiger partial charge in [0.2, 0.25) is 5.78 Å². The third-order valence-corrected chi connectivity index (χ3v) is 5.32. The van der Waals surface area contributed by atoms with Gasteiger partial charge in [-0.05, 0) is 32.4 Å². The maximum absolute atomic E-state index is 13.1. The summed E-state index contributed by atoms with van der Waals surface area (Å²) in [7, 11) is 0. The molecule has 1 aliphatic carbocycles. The number of carbonyl (C=O) groups excluding carboxylic acids is 3. The summed E-state index contributed by atoms with van der Waals surface area (Å²) >= 11 is 0. The maximum atomic E-state index is 13.1. The summed E-state index contributed by atoms with van der Waals surface area (Å²) in [4.78, 5) is 38.5. The van der Waals surface area contributed by atoms with Crippen LogP contribution in [0.25, 0.3) is 5.76 Å². The van der Waals surface area contributed by atoms with Gasteiger partial charge in [0.05, 0.1) is 11.8 Å². The summed E-state index contributed by atoms with van der Waals surface area (Å²) in [5, 5.41) is 10.3. The van der Waals surface area contributed by atoms with Crippen molar-refractivity contribution in [2.45, 2.75) is 38.4 Å². The van der Waals surface area contributed by atoms with Crippen LogP contribution in [0.15, 0.2) is 71.0 Å². The molecule has 1 atom stereocenters. The zero-order valence-electron chi connectivity index (χ0n) is 16.3. The average molecular weight is 392 g/mol. The van der Waals surface area contributed by atoms with Crippen molar-refractivity contribution in [3.05, 3.63) is 76.6 Å². The molecule has 0 bridgehead atoms. The van der Waals surface area contributed by atoms with Gasteiger partial charge in [0.15, 0.2) is 11.4 Å². The molecule has 0 saturated heterocycles. The first-order valence-corrected chi connectivity index (χ1v) is 9.25. The summed E-state index contributed by atoms with van der Waals surface area (Å²) in [5.41, 5.74) is -0.631. The van der Waals surface area contributed by atoms with Crippen LogP contribution in [0.3, 0.4) is 0 Å². The van der Waals surface area contributed by atoms with Crippen LogP contribution >= 0.6 is 0 Å². The van der Waals surface area contributed by atoms with Gasteiger partial charge in [-0.15, -0.1) is 0 Å². The molecule has 4 rings (SSSR count). The van der Waals surface area contributed by atoms with Crippen LogP contribution in [0.2, 0.25) is 0 Å². The number of ether oxygens (including phenoxy) is 2. The first kappa shape index (κ1) is 18.9. The van der Waals surface area contributed by atoms with E-state index in [0.717, 1.165) is 6.08 Å². The highest BCUT2D eigenvalue weighted by molar-refractivity contribution is 6.28. The van der Waals surface area contributed by atoms with Gasteiger partial charge in [0.1, 0.15) is 16.9 Å². The number of Topliss-reactive ketones (excluding diaryl/α,β-unsaturated/α-hetero) is 1. The van der Waals surface area contributed by atoms with Gasteiger partial charge >= 0.3 is 5.97 Å². The molecule has 0 radical (unpaired) electrons. The zero-order chi connectivity index (χ0) is 21.0. The van der Waals surface area contributed by atoms with E-state index in [1.54, 1.807) is 36.4 Å². The van der Waals surface area contributed by atoms with Crippen molar-refractivity contribution in [1.82, 2.24) is 0 Å². The molecule has 1 unspecified atom stereocenters. The van der Waals surface area contributed by atoms with E-state index in [1.165, 1.54) is 13.2 Å². The average Bonchev–Trinajstić information content (AvgIpc) is 2.92. The molecule has 1 aromatic carbocycles. The van der Waals surface area contributed by atoms with Crippen LogP contribution in [0.1, 0.15) is 32.8 Å². The molecule has 3 aliphatic rings. The molecule has 0 aromatic heterocycles. The molecule has 2 aliphatic heterocycles. The number of esters is 1. The second-order valence-electron chi connectivity index (χ2n) is 8.06. The van der Waals surface area contributed by atoms with Crippen molar-refractivity contribution in [2.75, 3.05) is 0 Å². The van der Waals surface area contributed by atoms with Gasteiger partial charge in [-0.2, -0.15) is 0 Å². The largest absolute Gasteiger partial charge is 0.507 e. The second-order valence-corrected chi connectivity index (χ2v) is 8.06. The highest BCUT2D eigenvalue weighted by Crippen LogP contribution is 2.46. The van der Waals surface area contributed by atoms with Gasteiger partial charge in [0, 0.05) is 23.6 Å². The Morgan fingerprint density at radius 1 is 1.14 bits per heavy atom. The van der Waals surface area contributed by atoms with Crippen molar-refractivity contribution in [3.8, 4) is 0 Å². The first-order valence-electron chi connectivity index (χ1n) is 9.25. The smallest absolute Gasteiger partial charge is 0.343 e. The van der Waals surface area contributed by atoms with Crippen molar-refractivity contribution >= 4 is 23.3 Å². The van der Waals surface area contributed by atoms with Crippen LogP contribution < -0.4 is 0 Å². The second kappa shape index (κ2) is 6.30. The van der Waals surface area contributed by atoms with E-state index in [4.69, 9.17) is 9.47 Å². The van der Waals surface area contributed by atoms with Gasteiger partial charge < -0.3 is 14.6 Å². The number of fused-ring (bicyclic) bond motifs is 2. The predicted octanol–water partition coefficient (Wildman–Crippen LogP) is 3.36. The molecule has 6 nitrogen and oxygen atoms in total. The molecule has 0 amide bonds. The topological polar surface area (TPSA) is 89.9 Å². The summed E-state index contributed by atoms with van der Waals surface area (Å²) in [6.07, 6.45) is 4.50. The minimum absolute atomic E-state index is 0.222. The van der Waals surface area contributed by atoms with Crippen molar-refractivity contribution in [3.63, 3.8) is 0 Å². The van der Waals surface area contributed by atoms with Crippen LogP contribution in [0.5, 0.6) is 0 Å². The van der Waals surface area contributed by atoms with Gasteiger partial charge in [-0.1, -0.05) is 30.3 Å². The van der Waals surface area contributed by atoms with E-state index in [0.29, 0.717) is 23.1 Å². The molecule has 2 heterocycles. The van der Waals surface area contributed by atoms with E-state index in [9.17, 15) is 19.5 Å². The summed E-state index contributed by atoms with van der Waals surface area (Å²) in [5.74, 6) is -2.28. The molecule has 29 heavy (non-hydrogen) atoms. The molecule has 0 spiro atoms. The number of rotatable bonds is 3. The fourth-order valence-electron chi connectivity index (χ4n) is 3.79. The van der Waals surface area contributed by atoms with E-state index in [1.807, 2.05) is 13.8 Å². The lowest BCUT2D eigenvalue weighted by Crippen LogP contribution is -2.43. The number of carbonyl (C=O) groups is 3. The lowest BCUT2D eigenvalue weighted by Gasteiger charge is -2.37. The van der Waals surface area contributed by atoms with Gasteiger partial charge in [-0.25, -0.2) is 4.79 Å². The van der Waals surface area contributed by atoms with Crippen molar-refractivity contribution < 1.29 is 29.0 Å². The Balaban J connectivity index is 1.82. The number of hydrogen-bond donors (Lipinski definition) is 1. The number of hydrogen-bond acceptors (Lipinski definition) is 6. The number of allylic oxidation sites excluding steroid dienone is 1. The number of ketones is 2. The van der Waals surface area contributed by atoms with Crippen molar-refractivity contribution in [2.24, 2.45) is 0 Å². The molecular formula is C23H20O6. The Morgan fingerprint density at radius 3 is 2.52 bits per heavy atom. The molecular weight excluding hydrogens is 372 g/mol. The highest BCUT2D eigenvalue weighted by Gasteiger charge is 2.54. The standard InChI is InChI=1S/C23H20O6/c1-22(2)11-14-9-16-19(18(25)10-17(24)13-7-5-4-6-8-13)21(27)29-23(16,3)20(26)15(14)12-28-22/h4-10,12,24H,11H2,1-3H3/b17-10-. The molecule has 148 valence electrons. The summed E-state index contributed by atoms with van der Waals surface area (Å²) < 4.78 is 11.0. The lowest BCUT2D eigenvalue weighted by molar-refractivity contribution is -0.153. The monoisotopic (exact) mass is 392 g/mol. The zero-order valence-corrected chi connectivity index (χ0v) is 16.3. The van der Waals surface area contributed by atoms with Gasteiger partial charge in [0.25, 0.3) is 0 Å². The van der Waals surface area contributed by atoms with Crippen molar-refractivity contribution in [1.29, 1.82) is 0 Å². The fraction of sp³-hybridized carbons (Fsp3) is 0.261. The third-order valence-electron chi connectivity index (χ3n) is 5.32. The quantitative estimate of drug-likeness (QED) is 0.367. The third kappa shape index (κ3) is 3.01. The van der Waals surface area contributed by atoms with E-state index in [2.05, 4.69) is 0 Å². The number of benzene rings is 1. The van der Waals surface area contributed by atoms with Crippen LogP contribution in [-0.4, -0.2) is 33.8 Å². The molecule has 1 N–H and O–H groups in total. The minimum atomic E-state index is -1.58.